The van der Waals surface area contributed by atoms with Gasteiger partial charge in [-0.25, -0.2) is 13.8 Å². The number of carbonyl (C=O) groups excluding carboxylic acids is 1. The smallest absolute Gasteiger partial charge is 0.271 e. The van der Waals surface area contributed by atoms with E-state index in [0.717, 1.165) is 35.7 Å². The van der Waals surface area contributed by atoms with E-state index < -0.39 is 15.9 Å². The van der Waals surface area contributed by atoms with Crippen LogP contribution in [0.4, 0.5) is 0 Å². The lowest BCUT2D eigenvalue weighted by molar-refractivity contribution is 0.0955. The van der Waals surface area contributed by atoms with Gasteiger partial charge in [0, 0.05) is 40.8 Å². The molecule has 0 unspecified atom stereocenters. The van der Waals surface area contributed by atoms with Crippen LogP contribution in [0.1, 0.15) is 56.0 Å². The molecule has 0 radical (unpaired) electrons. The van der Waals surface area contributed by atoms with E-state index in [1.165, 1.54) is 24.3 Å². The molecule has 2 bridgehead atoms. The van der Waals surface area contributed by atoms with Crippen LogP contribution in [0.2, 0.25) is 0 Å². The van der Waals surface area contributed by atoms with Crippen LogP contribution in [0.3, 0.4) is 0 Å². The van der Waals surface area contributed by atoms with Gasteiger partial charge in [0.1, 0.15) is 0 Å². The second kappa shape index (κ2) is 8.06. The van der Waals surface area contributed by atoms with Gasteiger partial charge in [-0.05, 0) is 60.4 Å². The molecule has 2 aliphatic rings. The fourth-order valence-corrected chi connectivity index (χ4v) is 7.80. The van der Waals surface area contributed by atoms with Gasteiger partial charge in [-0.2, -0.15) is 9.41 Å². The molecule has 1 amide bonds. The predicted octanol–water partition coefficient (Wildman–Crippen LogP) is 4.52. The largest absolute Gasteiger partial charge is 0.361 e. The number of H-pyrrole nitrogens is 1. The van der Waals surface area contributed by atoms with Crippen LogP contribution in [0.15, 0.2) is 64.7 Å². The summed E-state index contributed by atoms with van der Waals surface area (Å²) in [5.74, 6) is -0.397. The molecule has 1 aliphatic carbocycles. The maximum atomic E-state index is 13.4. The average molecular weight is 479 g/mol. The molecule has 3 aromatic rings. The summed E-state index contributed by atoms with van der Waals surface area (Å²) in [7, 11) is -3.62. The Morgan fingerprint density at radius 2 is 1.85 bits per heavy atom. The SMILES string of the molecule is CC1(C)C[C@H]2C[C@](C)(CN2S(=O)(=O)c2ccc(C(=O)N/N=C/c3c[nH]c4ccccc34)cc2)C1. The number of nitrogens with zero attached hydrogens (tertiary/aromatic N) is 2. The zero-order valence-corrected chi connectivity index (χ0v) is 20.5. The molecule has 7 nitrogen and oxygen atoms in total. The summed E-state index contributed by atoms with van der Waals surface area (Å²) in [5.41, 5.74) is 4.88. The molecule has 2 fully saturated rings. The molecular formula is C26H30N4O3S. The standard InChI is InChI=1S/C26H30N4O3S/c1-25(2)12-20-13-26(3,16-25)17-30(20)34(32,33)21-10-8-18(9-11-21)24(31)29-28-15-19-14-27-23-7-5-4-6-22(19)23/h4-11,14-15,20,27H,12-13,16-17H2,1-3H3,(H,29,31)/b28-15+/t20-,26-/m0/s1. The first kappa shape index (κ1) is 22.8. The first-order chi connectivity index (χ1) is 16.1. The molecule has 2 aromatic carbocycles. The Labute approximate surface area is 200 Å². The average Bonchev–Trinajstić information content (AvgIpc) is 3.31. The van der Waals surface area contributed by atoms with Crippen LogP contribution < -0.4 is 5.43 Å². The van der Waals surface area contributed by atoms with Crippen LogP contribution in [0.5, 0.6) is 0 Å². The van der Waals surface area contributed by atoms with Crippen molar-refractivity contribution in [2.75, 3.05) is 6.54 Å². The molecule has 1 aromatic heterocycles. The summed E-state index contributed by atoms with van der Waals surface area (Å²) in [6.45, 7) is 7.19. The van der Waals surface area contributed by atoms with Crippen LogP contribution >= 0.6 is 0 Å². The third kappa shape index (κ3) is 4.16. The summed E-state index contributed by atoms with van der Waals surface area (Å²) < 4.78 is 28.5. The first-order valence-electron chi connectivity index (χ1n) is 11.6. The fraction of sp³-hybridized carbons (Fsp3) is 0.385. The number of carbonyl (C=O) groups is 1. The van der Waals surface area contributed by atoms with E-state index in [4.69, 9.17) is 0 Å². The normalized spacial score (nSPS) is 24.6. The zero-order valence-electron chi connectivity index (χ0n) is 19.7. The lowest BCUT2D eigenvalue weighted by atomic mass is 9.65. The van der Waals surface area contributed by atoms with Gasteiger partial charge in [-0.15, -0.1) is 0 Å². The van der Waals surface area contributed by atoms with Crippen molar-refractivity contribution in [3.05, 3.63) is 65.9 Å². The monoisotopic (exact) mass is 478 g/mol. The van der Waals surface area contributed by atoms with Gasteiger partial charge in [-0.1, -0.05) is 39.0 Å². The molecule has 2 N–H and O–H groups in total. The van der Waals surface area contributed by atoms with Crippen LogP contribution in [0.25, 0.3) is 10.9 Å². The number of nitrogens with one attached hydrogen (secondary N) is 2. The van der Waals surface area contributed by atoms with Gasteiger partial charge in [-0.3, -0.25) is 4.79 Å². The van der Waals surface area contributed by atoms with Gasteiger partial charge in [0.15, 0.2) is 0 Å². The minimum Gasteiger partial charge on any atom is -0.361 e. The molecule has 2 atom stereocenters. The quantitative estimate of drug-likeness (QED) is 0.417. The molecule has 1 saturated carbocycles. The highest BCUT2D eigenvalue weighted by atomic mass is 32.2. The number of rotatable bonds is 5. The molecule has 0 spiro atoms. The minimum atomic E-state index is -3.62. The van der Waals surface area contributed by atoms with E-state index in [0.29, 0.717) is 12.1 Å². The van der Waals surface area contributed by atoms with Crippen LogP contribution in [-0.2, 0) is 10.0 Å². The molecule has 1 saturated heterocycles. The van der Waals surface area contributed by atoms with Gasteiger partial charge in [0.05, 0.1) is 11.1 Å². The number of aromatic nitrogens is 1. The Kier molecular flexibility index (Phi) is 5.41. The highest BCUT2D eigenvalue weighted by Gasteiger charge is 2.53. The highest BCUT2D eigenvalue weighted by Crippen LogP contribution is 2.53. The first-order valence-corrected chi connectivity index (χ1v) is 13.0. The second-order valence-electron chi connectivity index (χ2n) is 10.8. The van der Waals surface area contributed by atoms with Gasteiger partial charge < -0.3 is 4.98 Å². The summed E-state index contributed by atoms with van der Waals surface area (Å²) in [5, 5.41) is 5.07. The number of para-hydroxylation sites is 1. The molecule has 1 aliphatic heterocycles. The van der Waals surface area contributed by atoms with Crippen molar-refractivity contribution >= 4 is 33.0 Å². The topological polar surface area (TPSA) is 94.6 Å². The van der Waals surface area contributed by atoms with E-state index in [2.05, 4.69) is 36.3 Å². The molecule has 2 heterocycles. The summed E-state index contributed by atoms with van der Waals surface area (Å²) in [6, 6.07) is 14.0. The summed E-state index contributed by atoms with van der Waals surface area (Å²) in [6.07, 6.45) is 6.22. The lowest BCUT2D eigenvalue weighted by Gasteiger charge is -2.39. The number of hydrogen-bond donors (Lipinski definition) is 2. The Morgan fingerprint density at radius 3 is 2.62 bits per heavy atom. The fourth-order valence-electron chi connectivity index (χ4n) is 6.03. The number of fused-ring (bicyclic) bond motifs is 3. The van der Waals surface area contributed by atoms with Gasteiger partial charge >= 0.3 is 0 Å². The maximum absolute atomic E-state index is 13.4. The Balaban J connectivity index is 1.28. The van der Waals surface area contributed by atoms with Crippen LogP contribution in [-0.4, -0.2) is 42.4 Å². The van der Waals surface area contributed by atoms with Crippen molar-refractivity contribution < 1.29 is 13.2 Å². The van der Waals surface area contributed by atoms with Crippen molar-refractivity contribution in [3.63, 3.8) is 0 Å². The van der Waals surface area contributed by atoms with E-state index in [9.17, 15) is 13.2 Å². The second-order valence-corrected chi connectivity index (χ2v) is 12.7. The van der Waals surface area contributed by atoms with E-state index in [1.54, 1.807) is 10.5 Å². The molecular weight excluding hydrogens is 448 g/mol. The number of sulfonamides is 1. The van der Waals surface area contributed by atoms with Crippen molar-refractivity contribution in [1.82, 2.24) is 14.7 Å². The molecule has 34 heavy (non-hydrogen) atoms. The van der Waals surface area contributed by atoms with E-state index in [1.807, 2.05) is 30.5 Å². The van der Waals surface area contributed by atoms with Gasteiger partial charge in [0.2, 0.25) is 10.0 Å². The van der Waals surface area contributed by atoms with E-state index >= 15 is 0 Å². The predicted molar refractivity (Wildman–Crippen MR) is 133 cm³/mol. The number of benzene rings is 2. The lowest BCUT2D eigenvalue weighted by Crippen LogP contribution is -2.37. The van der Waals surface area contributed by atoms with Crippen LogP contribution in [0, 0.1) is 10.8 Å². The highest BCUT2D eigenvalue weighted by molar-refractivity contribution is 7.89. The number of aromatic amines is 1. The summed E-state index contributed by atoms with van der Waals surface area (Å²) in [4.78, 5) is 15.9. The van der Waals surface area contributed by atoms with Crippen molar-refractivity contribution in [1.29, 1.82) is 0 Å². The number of hydrazone groups is 1. The molecule has 178 valence electrons. The molecule has 8 heteroatoms. The van der Waals surface area contributed by atoms with Crippen molar-refractivity contribution in [2.45, 2.75) is 51.0 Å². The minimum absolute atomic E-state index is 0.0160. The Hall–Kier alpha value is -2.97. The number of amides is 1. The van der Waals surface area contributed by atoms with Crippen molar-refractivity contribution in [3.8, 4) is 0 Å². The van der Waals surface area contributed by atoms with E-state index in [-0.39, 0.29) is 21.8 Å². The number of hydrogen-bond acceptors (Lipinski definition) is 4. The van der Waals surface area contributed by atoms with Crippen molar-refractivity contribution in [2.24, 2.45) is 15.9 Å². The van der Waals surface area contributed by atoms with Gasteiger partial charge in [0.25, 0.3) is 5.91 Å². The third-order valence-corrected chi connectivity index (χ3v) is 8.99. The maximum Gasteiger partial charge on any atom is 0.271 e. The zero-order chi connectivity index (χ0) is 24.1. The Bertz CT molecular complexity index is 1370. The Morgan fingerprint density at radius 1 is 1.12 bits per heavy atom. The molecule has 5 rings (SSSR count). The third-order valence-electron chi connectivity index (χ3n) is 7.08. The summed E-state index contributed by atoms with van der Waals surface area (Å²) >= 11 is 0.